The molecule has 0 heterocycles. The molecule has 4 N–H and O–H groups in total. The van der Waals surface area contributed by atoms with Gasteiger partial charge in [-0.2, -0.15) is 0 Å². The third-order valence-corrected chi connectivity index (χ3v) is 4.74. The van der Waals surface area contributed by atoms with Crippen molar-refractivity contribution in [2.75, 3.05) is 0 Å². The number of aliphatic carboxylic acids is 2. The second kappa shape index (κ2) is 11.3. The largest absolute Gasteiger partial charge is 0.480 e. The molecule has 0 aliphatic heterocycles. The van der Waals surface area contributed by atoms with E-state index in [4.69, 9.17) is 0 Å². The van der Waals surface area contributed by atoms with Crippen molar-refractivity contribution >= 4 is 17.8 Å². The molecule has 0 radical (unpaired) electrons. The smallest absolute Gasteiger partial charge is 0.321 e. The normalized spacial score (nSPS) is 12.9. The van der Waals surface area contributed by atoms with E-state index < -0.39 is 41.6 Å². The van der Waals surface area contributed by atoms with E-state index in [1.54, 1.807) is 12.1 Å². The van der Waals surface area contributed by atoms with E-state index in [1.807, 2.05) is 13.8 Å². The molecule has 0 aliphatic carbocycles. The molecule has 0 aromatic heterocycles. The first-order valence-corrected chi connectivity index (χ1v) is 10.1. The van der Waals surface area contributed by atoms with Crippen LogP contribution in [-0.2, 0) is 22.6 Å². The predicted octanol–water partition coefficient (Wildman–Crippen LogP) is 2.98. The SMILES string of the molecule is CC(C)C[C@H](N[C@@H](Cc1ccc(C(=O)NCc2cc(F)cc(F)c2)cc1)C(=O)O)C(=O)O. The Kier molecular flexibility index (Phi) is 8.83. The zero-order chi connectivity index (χ0) is 23.8. The van der Waals surface area contributed by atoms with Crippen LogP contribution >= 0.6 is 0 Å². The summed E-state index contributed by atoms with van der Waals surface area (Å²) in [6.45, 7) is 3.64. The molecular weight excluding hydrogens is 422 g/mol. The Morgan fingerprint density at radius 3 is 1.94 bits per heavy atom. The average Bonchev–Trinajstić information content (AvgIpc) is 2.70. The van der Waals surface area contributed by atoms with Crippen molar-refractivity contribution in [2.24, 2.45) is 5.92 Å². The number of hydrogen-bond donors (Lipinski definition) is 4. The molecule has 2 aromatic carbocycles. The monoisotopic (exact) mass is 448 g/mol. The molecule has 0 spiro atoms. The van der Waals surface area contributed by atoms with E-state index in [0.29, 0.717) is 5.56 Å². The van der Waals surface area contributed by atoms with Crippen molar-refractivity contribution < 1.29 is 33.4 Å². The Balaban J connectivity index is 2.00. The van der Waals surface area contributed by atoms with E-state index in [1.165, 1.54) is 12.1 Å². The molecule has 2 rings (SSSR count). The van der Waals surface area contributed by atoms with Crippen molar-refractivity contribution in [3.8, 4) is 0 Å². The van der Waals surface area contributed by atoms with Crippen LogP contribution in [-0.4, -0.2) is 40.1 Å². The number of hydrogen-bond acceptors (Lipinski definition) is 4. The highest BCUT2D eigenvalue weighted by atomic mass is 19.1. The van der Waals surface area contributed by atoms with E-state index in [-0.39, 0.29) is 36.4 Å². The molecule has 1 amide bonds. The molecule has 0 saturated carbocycles. The number of carboxylic acids is 2. The maximum absolute atomic E-state index is 13.2. The van der Waals surface area contributed by atoms with Gasteiger partial charge in [-0.1, -0.05) is 26.0 Å². The zero-order valence-electron chi connectivity index (χ0n) is 17.8. The van der Waals surface area contributed by atoms with Gasteiger partial charge in [0.1, 0.15) is 23.7 Å². The van der Waals surface area contributed by atoms with E-state index in [9.17, 15) is 33.4 Å². The summed E-state index contributed by atoms with van der Waals surface area (Å²) in [5, 5.41) is 24.1. The van der Waals surface area contributed by atoms with Crippen molar-refractivity contribution in [3.05, 3.63) is 70.8 Å². The van der Waals surface area contributed by atoms with Crippen LogP contribution in [0.3, 0.4) is 0 Å². The lowest BCUT2D eigenvalue weighted by molar-refractivity contribution is -0.142. The average molecular weight is 448 g/mol. The van der Waals surface area contributed by atoms with Crippen LogP contribution in [0, 0.1) is 17.6 Å². The molecule has 32 heavy (non-hydrogen) atoms. The summed E-state index contributed by atoms with van der Waals surface area (Å²) in [7, 11) is 0. The maximum atomic E-state index is 13.2. The first kappa shape index (κ1) is 24.9. The lowest BCUT2D eigenvalue weighted by Crippen LogP contribution is -2.48. The van der Waals surface area contributed by atoms with Crippen LogP contribution in [0.25, 0.3) is 0 Å². The predicted molar refractivity (Wildman–Crippen MR) is 113 cm³/mol. The van der Waals surface area contributed by atoms with Gasteiger partial charge in [0.2, 0.25) is 0 Å². The third-order valence-electron chi connectivity index (χ3n) is 4.74. The molecule has 0 fully saturated rings. The minimum atomic E-state index is -1.18. The number of carboxylic acid groups (broad SMARTS) is 2. The van der Waals surface area contributed by atoms with Gasteiger partial charge < -0.3 is 15.5 Å². The van der Waals surface area contributed by atoms with Crippen molar-refractivity contribution in [1.29, 1.82) is 0 Å². The van der Waals surface area contributed by atoms with Crippen molar-refractivity contribution in [1.82, 2.24) is 10.6 Å². The summed E-state index contributed by atoms with van der Waals surface area (Å²) in [5.41, 5.74) is 1.16. The quantitative estimate of drug-likeness (QED) is 0.420. The topological polar surface area (TPSA) is 116 Å². The molecule has 0 aliphatic rings. The number of benzene rings is 2. The van der Waals surface area contributed by atoms with Crippen LogP contribution in [0.15, 0.2) is 42.5 Å². The molecule has 172 valence electrons. The lowest BCUT2D eigenvalue weighted by atomic mass is 10.00. The molecule has 0 bridgehead atoms. The van der Waals surface area contributed by atoms with Gasteiger partial charge >= 0.3 is 11.9 Å². The Morgan fingerprint density at radius 2 is 1.44 bits per heavy atom. The first-order valence-electron chi connectivity index (χ1n) is 10.1. The Hall–Kier alpha value is -3.33. The van der Waals surface area contributed by atoms with Crippen LogP contribution < -0.4 is 10.6 Å². The third kappa shape index (κ3) is 7.73. The van der Waals surface area contributed by atoms with Gasteiger partial charge in [-0.05, 0) is 54.2 Å². The standard InChI is InChI=1S/C23H26F2N2O5/c1-13(2)7-19(22(29)30)27-20(23(31)32)10-14-3-5-16(6-4-14)21(28)26-12-15-8-17(24)11-18(25)9-15/h3-6,8-9,11,13,19-20,27H,7,10,12H2,1-2H3,(H,26,28)(H,29,30)(H,31,32)/t19-,20-/m0/s1. The molecule has 7 nitrogen and oxygen atoms in total. The number of halogens is 2. The van der Waals surface area contributed by atoms with Gasteiger partial charge in [0, 0.05) is 18.2 Å². The summed E-state index contributed by atoms with van der Waals surface area (Å²) in [5.74, 6) is -4.16. The summed E-state index contributed by atoms with van der Waals surface area (Å²) in [6.07, 6.45) is 0.315. The molecule has 2 aromatic rings. The number of nitrogens with one attached hydrogen (secondary N) is 2. The number of carbonyl (C=O) groups is 3. The Labute approximate surface area is 184 Å². The van der Waals surface area contributed by atoms with Gasteiger partial charge in [-0.3, -0.25) is 19.7 Å². The van der Waals surface area contributed by atoms with E-state index >= 15 is 0 Å². The van der Waals surface area contributed by atoms with E-state index in [2.05, 4.69) is 10.6 Å². The van der Waals surface area contributed by atoms with E-state index in [0.717, 1.165) is 18.2 Å². The number of rotatable bonds is 11. The second-order valence-electron chi connectivity index (χ2n) is 7.94. The number of carbonyl (C=O) groups excluding carboxylic acids is 1. The van der Waals surface area contributed by atoms with Crippen molar-refractivity contribution in [2.45, 2.75) is 45.3 Å². The molecular formula is C23H26F2N2O5. The highest BCUT2D eigenvalue weighted by Crippen LogP contribution is 2.12. The Bertz CT molecular complexity index is 943. The van der Waals surface area contributed by atoms with Gasteiger partial charge in [-0.25, -0.2) is 8.78 Å². The fraction of sp³-hybridized carbons (Fsp3) is 0.348. The number of amides is 1. The molecule has 0 unspecified atom stereocenters. The fourth-order valence-electron chi connectivity index (χ4n) is 3.20. The van der Waals surface area contributed by atoms with Crippen molar-refractivity contribution in [3.63, 3.8) is 0 Å². The summed E-state index contributed by atoms with van der Waals surface area (Å²) < 4.78 is 26.5. The van der Waals surface area contributed by atoms with Crippen LogP contribution in [0.5, 0.6) is 0 Å². The summed E-state index contributed by atoms with van der Waals surface area (Å²) in [4.78, 5) is 35.3. The lowest BCUT2D eigenvalue weighted by Gasteiger charge is -2.21. The van der Waals surface area contributed by atoms with Gasteiger partial charge in [0.05, 0.1) is 0 Å². The van der Waals surface area contributed by atoms with Crippen LogP contribution in [0.4, 0.5) is 8.78 Å². The van der Waals surface area contributed by atoms with Crippen LogP contribution in [0.1, 0.15) is 41.8 Å². The maximum Gasteiger partial charge on any atom is 0.321 e. The fourth-order valence-corrected chi connectivity index (χ4v) is 3.20. The highest BCUT2D eigenvalue weighted by Gasteiger charge is 2.26. The molecule has 2 atom stereocenters. The Morgan fingerprint density at radius 1 is 0.875 bits per heavy atom. The minimum Gasteiger partial charge on any atom is -0.480 e. The van der Waals surface area contributed by atoms with Gasteiger partial charge in [0.25, 0.3) is 5.91 Å². The van der Waals surface area contributed by atoms with Gasteiger partial charge in [-0.15, -0.1) is 0 Å². The first-order chi connectivity index (χ1) is 15.0. The summed E-state index contributed by atoms with van der Waals surface area (Å²) >= 11 is 0. The van der Waals surface area contributed by atoms with Crippen LogP contribution in [0.2, 0.25) is 0 Å². The minimum absolute atomic E-state index is 0.0294. The highest BCUT2D eigenvalue weighted by molar-refractivity contribution is 5.94. The van der Waals surface area contributed by atoms with Gasteiger partial charge in [0.15, 0.2) is 0 Å². The second-order valence-corrected chi connectivity index (χ2v) is 7.94. The molecule has 0 saturated heterocycles. The molecule has 9 heteroatoms. The zero-order valence-corrected chi connectivity index (χ0v) is 17.8. The summed E-state index contributed by atoms with van der Waals surface area (Å²) in [6, 6.07) is 7.03.